The van der Waals surface area contributed by atoms with Crippen molar-refractivity contribution in [3.8, 4) is 0 Å². The maximum absolute atomic E-state index is 6.29. The second-order valence-corrected chi connectivity index (χ2v) is 10.4. The Morgan fingerprint density at radius 2 is 0.833 bits per heavy atom. The van der Waals surface area contributed by atoms with Gasteiger partial charge in [-0.25, -0.2) is 9.97 Å². The van der Waals surface area contributed by atoms with Crippen molar-refractivity contribution in [2.24, 2.45) is 0 Å². The van der Waals surface area contributed by atoms with Crippen molar-refractivity contribution in [3.05, 3.63) is 81.2 Å². The van der Waals surface area contributed by atoms with Gasteiger partial charge < -0.3 is 22.9 Å². The molecule has 0 saturated carbocycles. The van der Waals surface area contributed by atoms with Gasteiger partial charge in [0.1, 0.15) is 0 Å². The van der Waals surface area contributed by atoms with Crippen molar-refractivity contribution in [1.29, 1.82) is 0 Å². The molecule has 184 valence electrons. The van der Waals surface area contributed by atoms with Crippen LogP contribution in [0.5, 0.6) is 0 Å². The lowest BCUT2D eigenvalue weighted by Gasteiger charge is -2.43. The summed E-state index contributed by atoms with van der Waals surface area (Å²) in [4.78, 5) is 10.4. The van der Waals surface area contributed by atoms with Gasteiger partial charge in [-0.3, -0.25) is 0 Å². The Bertz CT molecular complexity index is 1350. The molecule has 0 radical (unpaired) electrons. The molecule has 3 aliphatic rings. The lowest BCUT2D eigenvalue weighted by Crippen LogP contribution is -2.28. The molecular formula is C30H34N6. The Morgan fingerprint density at radius 1 is 0.528 bits per heavy atom. The lowest BCUT2D eigenvalue weighted by atomic mass is 9.60. The molecule has 0 atom stereocenters. The number of fused-ring (bicyclic) bond motifs is 1. The van der Waals surface area contributed by atoms with Crippen LogP contribution in [0.25, 0.3) is 11.0 Å². The number of aromatic nitrogens is 2. The van der Waals surface area contributed by atoms with Crippen molar-refractivity contribution in [3.63, 3.8) is 0 Å². The van der Waals surface area contributed by atoms with Crippen LogP contribution in [0.4, 0.5) is 22.7 Å². The summed E-state index contributed by atoms with van der Waals surface area (Å²) in [5, 5.41) is 0. The molecule has 6 nitrogen and oxygen atoms in total. The molecular weight excluding hydrogens is 444 g/mol. The largest absolute Gasteiger partial charge is 0.397 e. The number of nitrogens with zero attached hydrogens (tertiary/aromatic N) is 2. The number of nitrogen functional groups attached to an aromatic ring is 4. The fourth-order valence-corrected chi connectivity index (χ4v) is 6.14. The quantitative estimate of drug-likeness (QED) is 0.230. The number of anilines is 4. The van der Waals surface area contributed by atoms with Gasteiger partial charge in [-0.05, 0) is 95.5 Å². The molecule has 0 saturated heterocycles. The van der Waals surface area contributed by atoms with Gasteiger partial charge in [0.15, 0.2) is 0 Å². The normalized spacial score (nSPS) is 17.2. The van der Waals surface area contributed by atoms with Crippen LogP contribution in [0.15, 0.2) is 36.4 Å². The highest BCUT2D eigenvalue weighted by molar-refractivity contribution is 5.84. The van der Waals surface area contributed by atoms with E-state index in [9.17, 15) is 0 Å². The van der Waals surface area contributed by atoms with E-state index in [-0.39, 0.29) is 11.8 Å². The second-order valence-electron chi connectivity index (χ2n) is 10.4. The van der Waals surface area contributed by atoms with Gasteiger partial charge in [0.25, 0.3) is 0 Å². The van der Waals surface area contributed by atoms with E-state index in [1.807, 2.05) is 24.3 Å². The minimum Gasteiger partial charge on any atom is -0.397 e. The van der Waals surface area contributed by atoms with E-state index < -0.39 is 0 Å². The monoisotopic (exact) mass is 478 g/mol. The van der Waals surface area contributed by atoms with E-state index in [2.05, 4.69) is 26.0 Å². The lowest BCUT2D eigenvalue weighted by molar-refractivity contribution is 0.727. The van der Waals surface area contributed by atoms with Crippen molar-refractivity contribution < 1.29 is 0 Å². The average Bonchev–Trinajstić information content (AvgIpc) is 2.86. The van der Waals surface area contributed by atoms with Crippen LogP contribution in [0.2, 0.25) is 0 Å². The van der Waals surface area contributed by atoms with Crippen LogP contribution >= 0.6 is 0 Å². The number of rotatable bonds is 6. The Kier molecular flexibility index (Phi) is 5.29. The van der Waals surface area contributed by atoms with Crippen LogP contribution in [0.3, 0.4) is 0 Å². The molecule has 0 aliphatic heterocycles. The van der Waals surface area contributed by atoms with Gasteiger partial charge in [0, 0.05) is 11.8 Å². The second kappa shape index (κ2) is 8.40. The van der Waals surface area contributed by atoms with Crippen LogP contribution in [0.1, 0.15) is 96.1 Å². The highest BCUT2D eigenvalue weighted by Crippen LogP contribution is 2.57. The van der Waals surface area contributed by atoms with Gasteiger partial charge >= 0.3 is 0 Å². The van der Waals surface area contributed by atoms with Crippen molar-refractivity contribution in [2.75, 3.05) is 22.9 Å². The summed E-state index contributed by atoms with van der Waals surface area (Å²) in [5.74, 6) is 0.0109. The zero-order valence-corrected chi connectivity index (χ0v) is 21.1. The Hall–Kier alpha value is -3.80. The SMILES string of the molecule is CCCCc1nc2cc3c(cc2nc1CCCC)C1c2cc(N)c(N)cc2C3c2cc(N)c(N)cc21. The van der Waals surface area contributed by atoms with E-state index in [1.54, 1.807) is 0 Å². The predicted molar refractivity (Wildman–Crippen MR) is 149 cm³/mol. The van der Waals surface area contributed by atoms with Gasteiger partial charge in [0.2, 0.25) is 0 Å². The van der Waals surface area contributed by atoms with Crippen molar-refractivity contribution >= 4 is 33.8 Å². The van der Waals surface area contributed by atoms with Crippen molar-refractivity contribution in [2.45, 2.75) is 64.2 Å². The summed E-state index contributed by atoms with van der Waals surface area (Å²) in [6.07, 6.45) is 6.47. The first-order valence-electron chi connectivity index (χ1n) is 13.1. The fraction of sp³-hybridized carbons (Fsp3) is 0.333. The topological polar surface area (TPSA) is 130 Å². The van der Waals surface area contributed by atoms with E-state index in [0.29, 0.717) is 22.7 Å². The number of benzene rings is 3. The number of hydrogen-bond acceptors (Lipinski definition) is 6. The summed E-state index contributed by atoms with van der Waals surface area (Å²) in [6.45, 7) is 4.44. The van der Waals surface area contributed by atoms with Crippen LogP contribution in [-0.4, -0.2) is 9.97 Å². The molecule has 0 amide bonds. The summed E-state index contributed by atoms with van der Waals surface area (Å²) in [5.41, 5.74) is 39.1. The Balaban J connectivity index is 1.60. The molecule has 0 unspecified atom stereocenters. The summed E-state index contributed by atoms with van der Waals surface area (Å²) in [6, 6.07) is 12.7. The fourth-order valence-electron chi connectivity index (χ4n) is 6.14. The predicted octanol–water partition coefficient (Wildman–Crippen LogP) is 5.63. The molecule has 8 N–H and O–H groups in total. The third-order valence-electron chi connectivity index (χ3n) is 8.00. The molecule has 0 fully saturated rings. The first-order valence-corrected chi connectivity index (χ1v) is 13.1. The third kappa shape index (κ3) is 3.31. The average molecular weight is 479 g/mol. The maximum atomic E-state index is 6.29. The highest BCUT2D eigenvalue weighted by atomic mass is 14.8. The number of nitrogens with two attached hydrogens (primary N) is 4. The smallest absolute Gasteiger partial charge is 0.0893 e. The molecule has 2 bridgehead atoms. The van der Waals surface area contributed by atoms with E-state index >= 15 is 0 Å². The third-order valence-corrected chi connectivity index (χ3v) is 8.00. The zero-order chi connectivity index (χ0) is 25.1. The molecule has 1 heterocycles. The molecule has 3 aliphatic carbocycles. The minimum absolute atomic E-state index is 0.00543. The standard InChI is InChI=1S/C30H34N6/c1-3-5-7-25-26(8-6-4-2)36-28-14-20-19(13-27(28)35-25)29-15-9-21(31)23(33)11-17(15)30(20)18-12-24(34)22(32)10-16(18)29/h9-14,29-30H,3-8,31-34H2,1-2H3. The Morgan fingerprint density at radius 3 is 1.14 bits per heavy atom. The van der Waals surface area contributed by atoms with Crippen LogP contribution in [-0.2, 0) is 12.8 Å². The molecule has 3 aromatic carbocycles. The molecule has 7 rings (SSSR count). The molecule has 36 heavy (non-hydrogen) atoms. The number of unbranched alkanes of at least 4 members (excludes halogenated alkanes) is 2. The summed E-state index contributed by atoms with van der Waals surface area (Å²) < 4.78 is 0. The minimum atomic E-state index is 0.00543. The van der Waals surface area contributed by atoms with E-state index in [1.165, 1.54) is 33.4 Å². The maximum Gasteiger partial charge on any atom is 0.0893 e. The van der Waals surface area contributed by atoms with E-state index in [4.69, 9.17) is 32.9 Å². The van der Waals surface area contributed by atoms with Gasteiger partial charge in [0.05, 0.1) is 45.2 Å². The number of aryl methyl sites for hydroxylation is 2. The molecule has 0 spiro atoms. The van der Waals surface area contributed by atoms with E-state index in [0.717, 1.165) is 60.9 Å². The van der Waals surface area contributed by atoms with Gasteiger partial charge in [-0.2, -0.15) is 0 Å². The summed E-state index contributed by atoms with van der Waals surface area (Å²) >= 11 is 0. The molecule has 1 aromatic heterocycles. The van der Waals surface area contributed by atoms with Crippen LogP contribution in [0, 0.1) is 0 Å². The van der Waals surface area contributed by atoms with Crippen molar-refractivity contribution in [1.82, 2.24) is 9.97 Å². The zero-order valence-electron chi connectivity index (χ0n) is 21.1. The van der Waals surface area contributed by atoms with Crippen LogP contribution < -0.4 is 22.9 Å². The van der Waals surface area contributed by atoms with Gasteiger partial charge in [-0.15, -0.1) is 0 Å². The molecule has 4 aromatic rings. The Labute approximate surface area is 212 Å². The van der Waals surface area contributed by atoms with Gasteiger partial charge in [-0.1, -0.05) is 26.7 Å². The highest BCUT2D eigenvalue weighted by Gasteiger charge is 2.42. The molecule has 6 heteroatoms. The first kappa shape index (κ1) is 22.7. The first-order chi connectivity index (χ1) is 17.4. The summed E-state index contributed by atoms with van der Waals surface area (Å²) in [7, 11) is 0. The number of hydrogen-bond donors (Lipinski definition) is 4.